The van der Waals surface area contributed by atoms with Crippen molar-refractivity contribution in [3.8, 4) is 0 Å². The van der Waals surface area contributed by atoms with Crippen molar-refractivity contribution in [1.82, 2.24) is 19.7 Å². The van der Waals surface area contributed by atoms with Gasteiger partial charge < -0.3 is 0 Å². The first-order valence-corrected chi connectivity index (χ1v) is 8.12. The van der Waals surface area contributed by atoms with E-state index in [1.54, 1.807) is 6.20 Å². The van der Waals surface area contributed by atoms with Crippen molar-refractivity contribution in [2.24, 2.45) is 0 Å². The third kappa shape index (κ3) is 3.13. The summed E-state index contributed by atoms with van der Waals surface area (Å²) >= 11 is 0. The predicted molar refractivity (Wildman–Crippen MR) is 89.7 cm³/mol. The molecule has 3 heterocycles. The number of hydrogen-bond donors (Lipinski definition) is 1. The summed E-state index contributed by atoms with van der Waals surface area (Å²) in [6.45, 7) is 0.769. The van der Waals surface area contributed by atoms with Crippen molar-refractivity contribution in [3.05, 3.63) is 71.6 Å². The van der Waals surface area contributed by atoms with E-state index in [9.17, 15) is 9.18 Å². The van der Waals surface area contributed by atoms with Crippen LogP contribution < -0.4 is 5.32 Å². The van der Waals surface area contributed by atoms with Crippen LogP contribution in [0.25, 0.3) is 0 Å². The number of hydrogen-bond acceptors (Lipinski definition) is 4. The normalized spacial score (nSPS) is 16.3. The zero-order valence-corrected chi connectivity index (χ0v) is 13.4. The van der Waals surface area contributed by atoms with Crippen molar-refractivity contribution in [2.45, 2.75) is 25.3 Å². The molecule has 0 saturated heterocycles. The highest BCUT2D eigenvalue weighted by atomic mass is 19.1. The molecule has 4 rings (SSSR count). The lowest BCUT2D eigenvalue weighted by atomic mass is 9.92. The van der Waals surface area contributed by atoms with Gasteiger partial charge in [-0.05, 0) is 48.7 Å². The lowest BCUT2D eigenvalue weighted by Crippen LogP contribution is -2.18. The number of carbonyl (C=O) groups excluding carboxylic acids is 1. The minimum absolute atomic E-state index is 0.117. The van der Waals surface area contributed by atoms with E-state index in [1.807, 2.05) is 23.0 Å². The number of pyridine rings is 1. The van der Waals surface area contributed by atoms with Gasteiger partial charge in [-0.2, -0.15) is 4.98 Å². The molecule has 1 N–H and O–H groups in total. The molecule has 0 fully saturated rings. The topological polar surface area (TPSA) is 72.7 Å². The second-order valence-electron chi connectivity index (χ2n) is 5.96. The first-order chi connectivity index (χ1) is 12.2. The van der Waals surface area contributed by atoms with Gasteiger partial charge in [0.15, 0.2) is 0 Å². The van der Waals surface area contributed by atoms with Gasteiger partial charge in [0.2, 0.25) is 5.95 Å². The fraction of sp³-hybridized carbons (Fsp3) is 0.222. The molecular weight excluding hydrogens is 321 g/mol. The average Bonchev–Trinajstić information content (AvgIpc) is 3.05. The number of amides is 1. The number of fused-ring (bicyclic) bond motifs is 1. The molecule has 7 heteroatoms. The van der Waals surface area contributed by atoms with Crippen LogP contribution in [0, 0.1) is 5.82 Å². The van der Waals surface area contributed by atoms with E-state index in [2.05, 4.69) is 20.4 Å². The number of nitrogens with zero attached hydrogens (tertiary/aromatic N) is 4. The lowest BCUT2D eigenvalue weighted by molar-refractivity contribution is 0.102. The first-order valence-electron chi connectivity index (χ1n) is 8.12. The number of carbonyl (C=O) groups is 1. The highest BCUT2D eigenvalue weighted by Gasteiger charge is 2.26. The number of benzene rings is 1. The van der Waals surface area contributed by atoms with Crippen molar-refractivity contribution < 1.29 is 9.18 Å². The molecule has 1 aromatic carbocycles. The van der Waals surface area contributed by atoms with E-state index in [4.69, 9.17) is 0 Å². The summed E-state index contributed by atoms with van der Waals surface area (Å²) < 4.78 is 14.8. The molecule has 1 amide bonds. The zero-order chi connectivity index (χ0) is 17.2. The lowest BCUT2D eigenvalue weighted by Gasteiger charge is -2.21. The Balaban J connectivity index is 1.58. The van der Waals surface area contributed by atoms with E-state index < -0.39 is 0 Å². The molecule has 0 radical (unpaired) electrons. The highest BCUT2D eigenvalue weighted by Crippen LogP contribution is 2.32. The zero-order valence-electron chi connectivity index (χ0n) is 13.4. The summed E-state index contributed by atoms with van der Waals surface area (Å²) in [4.78, 5) is 20.9. The Labute approximate surface area is 143 Å². The Hall–Kier alpha value is -3.09. The Morgan fingerprint density at radius 3 is 2.84 bits per heavy atom. The van der Waals surface area contributed by atoms with Crippen LogP contribution in [-0.2, 0) is 6.54 Å². The fourth-order valence-corrected chi connectivity index (χ4v) is 3.08. The predicted octanol–water partition coefficient (Wildman–Crippen LogP) is 2.99. The summed E-state index contributed by atoms with van der Waals surface area (Å²) in [7, 11) is 0. The maximum atomic E-state index is 13.0. The summed E-state index contributed by atoms with van der Waals surface area (Å²) in [5.74, 6) is 0.465. The molecule has 1 atom stereocenters. The number of anilines is 1. The largest absolute Gasteiger partial charge is 0.289 e. The van der Waals surface area contributed by atoms with Crippen LogP contribution in [0.15, 0.2) is 48.8 Å². The second kappa shape index (κ2) is 6.43. The molecule has 0 spiro atoms. The molecule has 0 bridgehead atoms. The van der Waals surface area contributed by atoms with Gasteiger partial charge in [-0.1, -0.05) is 6.07 Å². The van der Waals surface area contributed by atoms with Gasteiger partial charge in [-0.15, -0.1) is 5.10 Å². The minimum Gasteiger partial charge on any atom is -0.289 e. The third-order valence-corrected chi connectivity index (χ3v) is 4.29. The minimum atomic E-state index is -0.383. The van der Waals surface area contributed by atoms with E-state index >= 15 is 0 Å². The van der Waals surface area contributed by atoms with Gasteiger partial charge in [-0.3, -0.25) is 15.1 Å². The monoisotopic (exact) mass is 337 g/mol. The van der Waals surface area contributed by atoms with Crippen LogP contribution >= 0.6 is 0 Å². The fourth-order valence-electron chi connectivity index (χ4n) is 3.08. The second-order valence-corrected chi connectivity index (χ2v) is 5.96. The molecule has 3 aromatic rings. The molecule has 2 aromatic heterocycles. The molecule has 6 nitrogen and oxygen atoms in total. The van der Waals surface area contributed by atoms with Gasteiger partial charge >= 0.3 is 0 Å². The van der Waals surface area contributed by atoms with Gasteiger partial charge in [-0.25, -0.2) is 9.07 Å². The first kappa shape index (κ1) is 15.4. The smallest absolute Gasteiger partial charge is 0.258 e. The SMILES string of the molecule is O=C(Nc1nc2n(n1)CCCC2c1cccnc1)c1ccc(F)cc1. The molecule has 1 aliphatic heterocycles. The number of nitrogens with one attached hydrogen (secondary N) is 1. The third-order valence-electron chi connectivity index (χ3n) is 4.29. The number of aromatic nitrogens is 4. The molecule has 1 unspecified atom stereocenters. The van der Waals surface area contributed by atoms with Crippen molar-refractivity contribution in [3.63, 3.8) is 0 Å². The molecule has 0 saturated carbocycles. The highest BCUT2D eigenvalue weighted by molar-refractivity contribution is 6.03. The Morgan fingerprint density at radius 1 is 1.24 bits per heavy atom. The molecule has 0 aliphatic carbocycles. The van der Waals surface area contributed by atoms with Crippen molar-refractivity contribution in [1.29, 1.82) is 0 Å². The van der Waals surface area contributed by atoms with E-state index in [-0.39, 0.29) is 23.6 Å². The van der Waals surface area contributed by atoms with Gasteiger partial charge in [0.25, 0.3) is 5.91 Å². The maximum Gasteiger partial charge on any atom is 0.258 e. The van der Waals surface area contributed by atoms with Crippen LogP contribution in [-0.4, -0.2) is 25.7 Å². The molecular formula is C18H16FN5O. The summed E-state index contributed by atoms with van der Waals surface area (Å²) in [6.07, 6.45) is 5.54. The van der Waals surface area contributed by atoms with Crippen LogP contribution in [0.2, 0.25) is 0 Å². The van der Waals surface area contributed by atoms with Crippen LogP contribution in [0.3, 0.4) is 0 Å². The Bertz CT molecular complexity index is 892. The van der Waals surface area contributed by atoms with E-state index in [1.165, 1.54) is 24.3 Å². The van der Waals surface area contributed by atoms with Gasteiger partial charge in [0.05, 0.1) is 0 Å². The molecule has 126 valence electrons. The molecule has 25 heavy (non-hydrogen) atoms. The van der Waals surface area contributed by atoms with Crippen LogP contribution in [0.1, 0.15) is 40.5 Å². The molecule has 1 aliphatic rings. The summed E-state index contributed by atoms with van der Waals surface area (Å²) in [6, 6.07) is 9.29. The number of aryl methyl sites for hydroxylation is 1. The Kier molecular flexibility index (Phi) is 3.97. The standard InChI is InChI=1S/C18H16FN5O/c19-14-7-5-12(6-8-14)17(25)22-18-21-16-15(4-2-10-24(16)23-18)13-3-1-9-20-11-13/h1,3,5-9,11,15H,2,4,10H2,(H,22,23,25). The Morgan fingerprint density at radius 2 is 2.08 bits per heavy atom. The van der Waals surface area contributed by atoms with Crippen molar-refractivity contribution >= 4 is 11.9 Å². The van der Waals surface area contributed by atoms with Crippen LogP contribution in [0.5, 0.6) is 0 Å². The van der Waals surface area contributed by atoms with E-state index in [0.717, 1.165) is 30.8 Å². The quantitative estimate of drug-likeness (QED) is 0.797. The van der Waals surface area contributed by atoms with E-state index in [0.29, 0.717) is 5.56 Å². The van der Waals surface area contributed by atoms with Crippen molar-refractivity contribution in [2.75, 3.05) is 5.32 Å². The average molecular weight is 337 g/mol. The summed E-state index contributed by atoms with van der Waals surface area (Å²) in [5, 5.41) is 7.08. The van der Waals surface area contributed by atoms with Gasteiger partial charge in [0.1, 0.15) is 11.6 Å². The number of halogens is 1. The summed E-state index contributed by atoms with van der Waals surface area (Å²) in [5.41, 5.74) is 1.45. The maximum absolute atomic E-state index is 13.0. The van der Waals surface area contributed by atoms with Gasteiger partial charge in [0, 0.05) is 30.4 Å². The number of rotatable bonds is 3. The van der Waals surface area contributed by atoms with Crippen LogP contribution in [0.4, 0.5) is 10.3 Å².